The molecular formula is C49H62IrNO3-. The minimum absolute atomic E-state index is 0. The summed E-state index contributed by atoms with van der Waals surface area (Å²) in [6.07, 6.45) is 6.85. The molecule has 5 heteroatoms. The average Bonchev–Trinajstić information content (AvgIpc) is 3.10. The van der Waals surface area contributed by atoms with Gasteiger partial charge < -0.3 is 9.84 Å². The van der Waals surface area contributed by atoms with Gasteiger partial charge in [0.15, 0.2) is 5.78 Å². The van der Waals surface area contributed by atoms with E-state index in [2.05, 4.69) is 97.0 Å². The molecule has 1 aliphatic rings. The first-order chi connectivity index (χ1) is 25.2. The molecule has 0 unspecified atom stereocenters. The Morgan fingerprint density at radius 2 is 1.44 bits per heavy atom. The zero-order valence-corrected chi connectivity index (χ0v) is 37.4. The zero-order chi connectivity index (χ0) is 40.0. The number of aryl methyl sites for hydroxylation is 1. The van der Waals surface area contributed by atoms with E-state index in [1.165, 1.54) is 33.5 Å². The minimum atomic E-state index is -0.337. The second kappa shape index (κ2) is 16.3. The van der Waals surface area contributed by atoms with Crippen molar-refractivity contribution in [2.45, 2.75) is 129 Å². The summed E-state index contributed by atoms with van der Waals surface area (Å²) in [5.74, 6) is 1.95. The number of ether oxygens (including phenoxy) is 1. The molecule has 291 valence electrons. The van der Waals surface area contributed by atoms with Crippen LogP contribution in [0, 0.1) is 34.7 Å². The van der Waals surface area contributed by atoms with Crippen molar-refractivity contribution in [2.24, 2.45) is 21.7 Å². The fourth-order valence-corrected chi connectivity index (χ4v) is 7.36. The SMILES string of the molecule is CCC(C)(CC)C(=O)/C=C(\O)C(C)(CC)CC.[2H]c1cc2c3c(cc4c(CC(C)(C)C)cccc42)Oc2c([c-]c4cc(C)ccc4c2CC(C)(C)C)-c3n1.[Ir]. The van der Waals surface area contributed by atoms with Crippen LogP contribution >= 0.6 is 0 Å². The number of aliphatic hydroxyl groups excluding tert-OH is 1. The summed E-state index contributed by atoms with van der Waals surface area (Å²) in [6, 6.07) is 20.8. The molecule has 0 amide bonds. The molecule has 54 heavy (non-hydrogen) atoms. The predicted molar refractivity (Wildman–Crippen MR) is 225 cm³/mol. The Kier molecular flexibility index (Phi) is 12.6. The third-order valence-corrected chi connectivity index (χ3v) is 11.6. The molecule has 2 heterocycles. The number of nitrogens with zero attached hydrogens (tertiary/aromatic N) is 1. The number of benzene rings is 4. The van der Waals surface area contributed by atoms with E-state index in [1.54, 1.807) is 0 Å². The van der Waals surface area contributed by atoms with Gasteiger partial charge in [0.05, 0.1) is 7.12 Å². The summed E-state index contributed by atoms with van der Waals surface area (Å²) in [4.78, 5) is 17.0. The van der Waals surface area contributed by atoms with Crippen LogP contribution in [0.1, 0.15) is 127 Å². The number of hydrogen-bond donors (Lipinski definition) is 1. The molecule has 1 radical (unpaired) electrons. The van der Waals surface area contributed by atoms with Gasteiger partial charge in [0.25, 0.3) is 0 Å². The number of rotatable bonds is 9. The van der Waals surface area contributed by atoms with Crippen molar-refractivity contribution >= 4 is 38.1 Å². The second-order valence-corrected chi connectivity index (χ2v) is 18.3. The van der Waals surface area contributed by atoms with E-state index in [4.69, 9.17) is 11.1 Å². The van der Waals surface area contributed by atoms with Crippen molar-refractivity contribution in [1.29, 1.82) is 0 Å². The van der Waals surface area contributed by atoms with Gasteiger partial charge in [-0.3, -0.25) is 9.78 Å². The number of ketones is 1. The maximum Gasteiger partial charge on any atom is 0.164 e. The summed E-state index contributed by atoms with van der Waals surface area (Å²) in [6.45, 7) is 27.8. The summed E-state index contributed by atoms with van der Waals surface area (Å²) < 4.78 is 15.5. The van der Waals surface area contributed by atoms with Crippen molar-refractivity contribution < 1.29 is 36.1 Å². The molecule has 0 bridgehead atoms. The van der Waals surface area contributed by atoms with E-state index in [1.807, 2.05) is 47.6 Å². The van der Waals surface area contributed by atoms with Crippen LogP contribution in [-0.4, -0.2) is 15.9 Å². The van der Waals surface area contributed by atoms with Crippen molar-refractivity contribution in [2.75, 3.05) is 0 Å². The van der Waals surface area contributed by atoms with Gasteiger partial charge in [0.2, 0.25) is 0 Å². The quantitative estimate of drug-likeness (QED) is 0.0680. The van der Waals surface area contributed by atoms with Gasteiger partial charge in [-0.2, -0.15) is 0 Å². The third-order valence-electron chi connectivity index (χ3n) is 11.6. The van der Waals surface area contributed by atoms with Gasteiger partial charge in [-0.1, -0.05) is 135 Å². The number of hydrogen-bond acceptors (Lipinski definition) is 4. The summed E-state index contributed by atoms with van der Waals surface area (Å²) in [5, 5.41) is 16.7. The molecule has 0 saturated heterocycles. The Balaban J connectivity index is 0.000000320. The number of aliphatic hydroxyl groups is 1. The Morgan fingerprint density at radius 3 is 2.04 bits per heavy atom. The van der Waals surface area contributed by atoms with Gasteiger partial charge in [0.1, 0.15) is 11.5 Å². The van der Waals surface area contributed by atoms with E-state index in [-0.39, 0.29) is 59.5 Å². The number of pyridine rings is 1. The van der Waals surface area contributed by atoms with Crippen LogP contribution in [0.5, 0.6) is 11.5 Å². The molecule has 4 nitrogen and oxygen atoms in total. The van der Waals surface area contributed by atoms with Gasteiger partial charge in [-0.25, -0.2) is 0 Å². The fraction of sp³-hybridized carbons (Fsp3) is 0.469. The van der Waals surface area contributed by atoms with Crippen LogP contribution in [0.4, 0.5) is 0 Å². The molecule has 6 rings (SSSR count). The fourth-order valence-electron chi connectivity index (χ4n) is 7.36. The molecular weight excluding hydrogens is 843 g/mol. The summed E-state index contributed by atoms with van der Waals surface area (Å²) in [7, 11) is 0. The number of allylic oxidation sites excluding steroid dienone is 2. The molecule has 0 saturated carbocycles. The normalized spacial score (nSPS) is 13.5. The Labute approximate surface area is 340 Å². The Bertz CT molecular complexity index is 2250. The van der Waals surface area contributed by atoms with Gasteiger partial charge in [0, 0.05) is 54.3 Å². The number of carbonyl (C=O) groups is 1. The van der Waals surface area contributed by atoms with Gasteiger partial charge >= 0.3 is 0 Å². The first-order valence-electron chi connectivity index (χ1n) is 20.2. The van der Waals surface area contributed by atoms with Gasteiger partial charge in [-0.15, -0.1) is 17.5 Å². The second-order valence-electron chi connectivity index (χ2n) is 18.3. The molecule has 4 aromatic carbocycles. The number of aromatic nitrogens is 1. The van der Waals surface area contributed by atoms with Crippen molar-refractivity contribution in [3.63, 3.8) is 0 Å². The largest absolute Gasteiger partial charge is 0.512 e. The number of carbonyl (C=O) groups excluding carboxylic acids is 1. The Hall–Kier alpha value is -3.53. The maximum atomic E-state index is 12.2. The zero-order valence-electron chi connectivity index (χ0n) is 36.0. The van der Waals surface area contributed by atoms with Crippen LogP contribution < -0.4 is 4.74 Å². The van der Waals surface area contributed by atoms with Crippen molar-refractivity contribution in [1.82, 2.24) is 4.98 Å². The molecule has 5 aromatic rings. The van der Waals surface area contributed by atoms with Crippen molar-refractivity contribution in [3.8, 4) is 22.8 Å². The van der Waals surface area contributed by atoms with Crippen LogP contribution in [-0.2, 0) is 37.7 Å². The van der Waals surface area contributed by atoms with E-state index in [0.29, 0.717) is 0 Å². The van der Waals surface area contributed by atoms with Crippen LogP contribution in [0.25, 0.3) is 43.6 Å². The van der Waals surface area contributed by atoms with E-state index in [9.17, 15) is 9.90 Å². The molecule has 0 aliphatic carbocycles. The standard InChI is InChI=1S/C34H34NO.C15H28O2.Ir/c1-20-11-12-23-22(15-20)16-27-31-30-25(13-14-35-31)24-10-8-9-21(18-33(2,3)4)26(24)17-29(30)36-32(27)28(23)19-34(5,6)7;1-7-14(5,8-2)12(16)11-13(17)15(6,9-3)10-4;/h8-15,17H,18-19H2,1-7H3;11,16H,7-10H2,1-6H3;/q-1;;/b;12-11-;/i14D;;. The third kappa shape index (κ3) is 8.79. The number of fused-ring (bicyclic) bond motifs is 5. The summed E-state index contributed by atoms with van der Waals surface area (Å²) >= 11 is 0. The molecule has 0 atom stereocenters. The van der Waals surface area contributed by atoms with Crippen molar-refractivity contribution in [3.05, 3.63) is 89.3 Å². The first kappa shape index (κ1) is 41.6. The summed E-state index contributed by atoms with van der Waals surface area (Å²) in [5.41, 5.74) is 4.99. The van der Waals surface area contributed by atoms with E-state index < -0.39 is 0 Å². The molecule has 0 fully saturated rings. The maximum absolute atomic E-state index is 12.2. The van der Waals surface area contributed by atoms with E-state index in [0.717, 1.165) is 82.8 Å². The topological polar surface area (TPSA) is 59.4 Å². The molecule has 1 aliphatic heterocycles. The molecule has 1 N–H and O–H groups in total. The van der Waals surface area contributed by atoms with Crippen LogP contribution in [0.3, 0.4) is 0 Å². The molecule has 0 spiro atoms. The minimum Gasteiger partial charge on any atom is -0.512 e. The van der Waals surface area contributed by atoms with Crippen LogP contribution in [0.15, 0.2) is 66.5 Å². The van der Waals surface area contributed by atoms with E-state index >= 15 is 0 Å². The first-order valence-corrected chi connectivity index (χ1v) is 19.7. The van der Waals surface area contributed by atoms with Gasteiger partial charge in [-0.05, 0) is 90.1 Å². The average molecular weight is 906 g/mol. The molecule has 1 aromatic heterocycles. The van der Waals surface area contributed by atoms with Crippen LogP contribution in [0.2, 0.25) is 0 Å². The predicted octanol–water partition coefficient (Wildman–Crippen LogP) is 14.2. The smallest absolute Gasteiger partial charge is 0.164 e. The monoisotopic (exact) mass is 906 g/mol. The Morgan fingerprint density at radius 1 is 0.815 bits per heavy atom.